The van der Waals surface area contributed by atoms with Gasteiger partial charge < -0.3 is 17.7 Å². The quantitative estimate of drug-likeness (QED) is 0.199. The van der Waals surface area contributed by atoms with Gasteiger partial charge in [0.15, 0.2) is 16.6 Å². The number of ether oxygens (including phenoxy) is 2. The maximum atomic E-state index is 12.2. The molecule has 6 nitrogen and oxygen atoms in total. The molecular weight excluding hydrogens is 457 g/mol. The summed E-state index contributed by atoms with van der Waals surface area (Å²) in [6.45, 7) is 26.0. The third-order valence-corrected chi connectivity index (χ3v) is 14.7. The van der Waals surface area contributed by atoms with Crippen LogP contribution in [-0.4, -0.2) is 49.3 Å². The van der Waals surface area contributed by atoms with E-state index in [1.165, 1.54) is 0 Å². The molecule has 184 valence electrons. The molecule has 0 N–H and O–H groups in total. The van der Waals surface area contributed by atoms with E-state index in [0.29, 0.717) is 29.9 Å². The van der Waals surface area contributed by atoms with Crippen molar-refractivity contribution in [3.63, 3.8) is 0 Å². The van der Waals surface area contributed by atoms with Crippen LogP contribution in [0.2, 0.25) is 51.9 Å². The second-order valence-corrected chi connectivity index (χ2v) is 24.1. The zero-order chi connectivity index (χ0) is 24.9. The first-order valence-electron chi connectivity index (χ1n) is 11.5. The lowest BCUT2D eigenvalue weighted by Gasteiger charge is -2.40. The van der Waals surface area contributed by atoms with Crippen LogP contribution in [0.5, 0.6) is 0 Å². The third-order valence-electron chi connectivity index (χ3n) is 5.10. The fourth-order valence-corrected chi connectivity index (χ4v) is 16.7. The van der Waals surface area contributed by atoms with Crippen LogP contribution in [0.1, 0.15) is 39.5 Å². The van der Waals surface area contributed by atoms with E-state index in [2.05, 4.69) is 59.0 Å². The Morgan fingerprint density at radius 2 is 1.22 bits per heavy atom. The van der Waals surface area contributed by atoms with Crippen LogP contribution in [0.4, 0.5) is 0 Å². The Hall–Kier alpha value is -1.01. The largest absolute Gasteiger partial charge is 0.455 e. The van der Waals surface area contributed by atoms with E-state index in [4.69, 9.17) is 17.7 Å². The molecule has 3 atom stereocenters. The summed E-state index contributed by atoms with van der Waals surface area (Å²) in [6.07, 6.45) is 2.21. The normalized spacial score (nSPS) is 22.2. The molecule has 0 amide bonds. The average Bonchev–Trinajstić information content (AvgIpc) is 2.58. The molecule has 0 aromatic carbocycles. The van der Waals surface area contributed by atoms with Gasteiger partial charge in [0, 0.05) is 11.1 Å². The first-order valence-corrected chi connectivity index (χ1v) is 20.9. The molecule has 1 saturated carbocycles. The Bertz CT molecular complexity index is 692. The number of hydrogen-bond acceptors (Lipinski definition) is 6. The van der Waals surface area contributed by atoms with E-state index in [-0.39, 0.29) is 0 Å². The highest BCUT2D eigenvalue weighted by Crippen LogP contribution is 2.35. The highest BCUT2D eigenvalue weighted by atomic mass is 28.5. The van der Waals surface area contributed by atoms with Crippen molar-refractivity contribution in [2.45, 2.75) is 104 Å². The lowest BCUT2D eigenvalue weighted by molar-refractivity contribution is -0.168. The molecule has 1 rings (SSSR count). The van der Waals surface area contributed by atoms with Crippen molar-refractivity contribution >= 4 is 37.1 Å². The van der Waals surface area contributed by atoms with Crippen LogP contribution in [0.15, 0.2) is 24.3 Å². The van der Waals surface area contributed by atoms with Gasteiger partial charge in [0.1, 0.15) is 12.2 Å². The van der Waals surface area contributed by atoms with Crippen LogP contribution in [0.25, 0.3) is 0 Å². The van der Waals surface area contributed by atoms with Gasteiger partial charge in [0.2, 0.25) is 0 Å². The van der Waals surface area contributed by atoms with E-state index in [9.17, 15) is 9.59 Å². The number of esters is 2. The lowest BCUT2D eigenvalue weighted by Crippen LogP contribution is -2.52. The predicted octanol–water partition coefficient (Wildman–Crippen LogP) is 5.93. The first kappa shape index (κ1) is 29.0. The summed E-state index contributed by atoms with van der Waals surface area (Å²) in [6, 6.07) is 0.906. The molecule has 0 aromatic rings. The minimum Gasteiger partial charge on any atom is -0.455 e. The van der Waals surface area contributed by atoms with E-state index in [1.54, 1.807) is 13.8 Å². The fraction of sp³-hybridized carbons (Fsp3) is 0.739. The Balaban J connectivity index is 2.91. The van der Waals surface area contributed by atoms with Gasteiger partial charge in [-0.15, -0.1) is 0 Å². The molecule has 1 aliphatic rings. The minimum atomic E-state index is -2.33. The molecule has 0 bridgehead atoms. The van der Waals surface area contributed by atoms with Gasteiger partial charge in [0.05, 0.1) is 0 Å². The molecule has 0 heterocycles. The summed E-state index contributed by atoms with van der Waals surface area (Å²) in [5, 5.41) is 0. The molecular formula is C23H44O6Si3. The van der Waals surface area contributed by atoms with Crippen molar-refractivity contribution in [1.82, 2.24) is 0 Å². The monoisotopic (exact) mass is 500 g/mol. The minimum absolute atomic E-state index is 0.337. The Kier molecular flexibility index (Phi) is 10.4. The number of rotatable bonds is 11. The molecule has 0 saturated heterocycles. The number of carbonyl (C=O) groups excluding carboxylic acids is 2. The van der Waals surface area contributed by atoms with Gasteiger partial charge in [-0.1, -0.05) is 13.2 Å². The Morgan fingerprint density at radius 3 is 1.62 bits per heavy atom. The molecule has 1 fully saturated rings. The molecule has 32 heavy (non-hydrogen) atoms. The van der Waals surface area contributed by atoms with Crippen molar-refractivity contribution < 1.29 is 27.3 Å². The highest BCUT2D eigenvalue weighted by Gasteiger charge is 2.42. The SMILES string of the molecule is C=C(C)C(=O)OC1CCC(CC[Si](C)(O[Si](C)(C)C)O[Si](C)(C)C)CC1OC(=O)C(=C)C. The summed E-state index contributed by atoms with van der Waals surface area (Å²) >= 11 is 0. The van der Waals surface area contributed by atoms with Crippen molar-refractivity contribution in [3.05, 3.63) is 24.3 Å². The maximum absolute atomic E-state index is 12.2. The van der Waals surface area contributed by atoms with Crippen LogP contribution < -0.4 is 0 Å². The van der Waals surface area contributed by atoms with Gasteiger partial charge in [-0.25, -0.2) is 9.59 Å². The summed E-state index contributed by atoms with van der Waals surface area (Å²) in [5.74, 6) is -0.549. The molecule has 0 aliphatic heterocycles. The molecule has 0 aromatic heterocycles. The second kappa shape index (κ2) is 11.4. The van der Waals surface area contributed by atoms with Crippen LogP contribution >= 0.6 is 0 Å². The van der Waals surface area contributed by atoms with Gasteiger partial charge >= 0.3 is 20.5 Å². The molecule has 9 heteroatoms. The van der Waals surface area contributed by atoms with Crippen molar-refractivity contribution in [2.24, 2.45) is 5.92 Å². The van der Waals surface area contributed by atoms with Crippen molar-refractivity contribution in [2.75, 3.05) is 0 Å². The van der Waals surface area contributed by atoms with Gasteiger partial charge in [-0.3, -0.25) is 0 Å². The Labute approximate surface area is 198 Å². The van der Waals surface area contributed by atoms with Gasteiger partial charge in [-0.2, -0.15) is 0 Å². The third kappa shape index (κ3) is 10.7. The smallest absolute Gasteiger partial charge is 0.333 e. The zero-order valence-corrected chi connectivity index (χ0v) is 24.6. The first-order chi connectivity index (χ1) is 14.4. The highest BCUT2D eigenvalue weighted by molar-refractivity contribution is 6.87. The summed E-state index contributed by atoms with van der Waals surface area (Å²) in [7, 11) is -5.84. The predicted molar refractivity (Wildman–Crippen MR) is 137 cm³/mol. The summed E-state index contributed by atoms with van der Waals surface area (Å²) in [4.78, 5) is 24.3. The summed E-state index contributed by atoms with van der Waals surface area (Å²) in [5.41, 5.74) is 0.676. The molecule has 3 unspecified atom stereocenters. The van der Waals surface area contributed by atoms with Crippen molar-refractivity contribution in [3.8, 4) is 0 Å². The van der Waals surface area contributed by atoms with Crippen molar-refractivity contribution in [1.29, 1.82) is 0 Å². The number of hydrogen-bond donors (Lipinski definition) is 0. The Morgan fingerprint density at radius 1 is 0.781 bits per heavy atom. The van der Waals surface area contributed by atoms with Crippen LogP contribution in [-0.2, 0) is 27.3 Å². The van der Waals surface area contributed by atoms with E-state index in [0.717, 1.165) is 18.9 Å². The molecule has 0 radical (unpaired) electrons. The zero-order valence-electron chi connectivity index (χ0n) is 21.6. The fourth-order valence-electron chi connectivity index (χ4n) is 4.07. The van der Waals surface area contributed by atoms with E-state index < -0.39 is 49.3 Å². The molecule has 1 aliphatic carbocycles. The number of carbonyl (C=O) groups is 2. The standard InChI is InChI=1S/C23H44O6Si3/c1-17(2)22(24)26-20-13-12-19(16-21(20)27-23(25)18(3)4)14-15-32(11,28-30(5,6)7)29-31(8,9)10/h19-21H,1,3,12-16H2,2,4-11H3. The topological polar surface area (TPSA) is 71.1 Å². The van der Waals surface area contributed by atoms with E-state index >= 15 is 0 Å². The molecule has 0 spiro atoms. The summed E-state index contributed by atoms with van der Waals surface area (Å²) < 4.78 is 24.5. The average molecular weight is 501 g/mol. The van der Waals surface area contributed by atoms with Crippen LogP contribution in [0, 0.1) is 5.92 Å². The van der Waals surface area contributed by atoms with Crippen LogP contribution in [0.3, 0.4) is 0 Å². The van der Waals surface area contributed by atoms with Gasteiger partial charge in [0.25, 0.3) is 0 Å². The second-order valence-electron chi connectivity index (χ2n) is 11.2. The maximum Gasteiger partial charge on any atom is 0.333 e. The van der Waals surface area contributed by atoms with E-state index in [1.807, 2.05) is 0 Å². The van der Waals surface area contributed by atoms with Gasteiger partial charge in [-0.05, 0) is 97.3 Å². The lowest BCUT2D eigenvalue weighted by atomic mass is 9.83.